The molecule has 2 aromatic carbocycles. The van der Waals surface area contributed by atoms with E-state index >= 15 is 0 Å². The third-order valence-electron chi connectivity index (χ3n) is 3.81. The summed E-state index contributed by atoms with van der Waals surface area (Å²) in [6.07, 6.45) is 1.67. The zero-order chi connectivity index (χ0) is 17.4. The Hall–Kier alpha value is -2.93. The molecule has 0 aromatic heterocycles. The van der Waals surface area contributed by atoms with Gasteiger partial charge in [0.2, 0.25) is 6.79 Å². The minimum absolute atomic E-state index is 0.184. The highest BCUT2D eigenvalue weighted by molar-refractivity contribution is 8.19. The highest BCUT2D eigenvalue weighted by atomic mass is 32.2. The third kappa shape index (κ3) is 2.72. The van der Waals surface area contributed by atoms with Crippen LogP contribution in [0.2, 0.25) is 0 Å². The van der Waals surface area contributed by atoms with Crippen LogP contribution in [0.4, 0.5) is 10.5 Å². The lowest BCUT2D eigenvalue weighted by Crippen LogP contribution is -2.28. The number of para-hydroxylation sites is 2. The van der Waals surface area contributed by atoms with E-state index in [4.69, 9.17) is 14.2 Å². The van der Waals surface area contributed by atoms with Crippen molar-refractivity contribution in [3.05, 3.63) is 52.9 Å². The van der Waals surface area contributed by atoms with Gasteiger partial charge in [-0.05, 0) is 47.7 Å². The van der Waals surface area contributed by atoms with Crippen molar-refractivity contribution in [3.63, 3.8) is 0 Å². The fourth-order valence-corrected chi connectivity index (χ4v) is 3.48. The lowest BCUT2D eigenvalue weighted by Gasteiger charge is -2.15. The van der Waals surface area contributed by atoms with Crippen LogP contribution in [0, 0.1) is 0 Å². The van der Waals surface area contributed by atoms with Crippen molar-refractivity contribution < 1.29 is 23.8 Å². The summed E-state index contributed by atoms with van der Waals surface area (Å²) in [5, 5.41) is -0.360. The molecule has 0 bridgehead atoms. The Labute approximate surface area is 148 Å². The van der Waals surface area contributed by atoms with E-state index in [1.165, 1.54) is 7.11 Å². The number of fused-ring (bicyclic) bond motifs is 1. The molecule has 0 radical (unpaired) electrons. The number of carbonyl (C=O) groups excluding carboxylic acids is 2. The molecular weight excluding hydrogens is 342 g/mol. The Morgan fingerprint density at radius 1 is 1.12 bits per heavy atom. The number of nitrogens with zero attached hydrogens (tertiary/aromatic N) is 1. The minimum atomic E-state index is -0.378. The van der Waals surface area contributed by atoms with Crippen molar-refractivity contribution in [2.75, 3.05) is 18.8 Å². The fraction of sp³-hybridized carbons (Fsp3) is 0.111. The van der Waals surface area contributed by atoms with Crippen LogP contribution in [0.1, 0.15) is 5.56 Å². The second-order valence-corrected chi connectivity index (χ2v) is 6.29. The van der Waals surface area contributed by atoms with Crippen molar-refractivity contribution >= 4 is 34.7 Å². The molecule has 0 saturated carbocycles. The number of anilines is 1. The van der Waals surface area contributed by atoms with Crippen LogP contribution in [0.25, 0.3) is 6.08 Å². The van der Waals surface area contributed by atoms with Crippen LogP contribution >= 0.6 is 11.8 Å². The van der Waals surface area contributed by atoms with E-state index in [-0.39, 0.29) is 17.9 Å². The van der Waals surface area contributed by atoms with Gasteiger partial charge in [0.15, 0.2) is 11.5 Å². The van der Waals surface area contributed by atoms with Gasteiger partial charge >= 0.3 is 0 Å². The van der Waals surface area contributed by atoms with Crippen LogP contribution in [-0.2, 0) is 4.79 Å². The number of hydrogen-bond acceptors (Lipinski definition) is 6. The number of imide groups is 1. The van der Waals surface area contributed by atoms with Crippen LogP contribution in [-0.4, -0.2) is 25.0 Å². The van der Waals surface area contributed by atoms with Gasteiger partial charge < -0.3 is 14.2 Å². The van der Waals surface area contributed by atoms with E-state index in [1.54, 1.807) is 42.5 Å². The molecule has 0 unspecified atom stereocenters. The van der Waals surface area contributed by atoms with Crippen LogP contribution in [0.3, 0.4) is 0 Å². The molecule has 0 spiro atoms. The van der Waals surface area contributed by atoms with Crippen LogP contribution in [0.5, 0.6) is 17.2 Å². The summed E-state index contributed by atoms with van der Waals surface area (Å²) in [4.78, 5) is 26.6. The smallest absolute Gasteiger partial charge is 0.298 e. The van der Waals surface area contributed by atoms with Gasteiger partial charge in [-0.15, -0.1) is 0 Å². The van der Waals surface area contributed by atoms with Crippen LogP contribution < -0.4 is 19.1 Å². The second kappa shape index (κ2) is 6.18. The first-order valence-electron chi connectivity index (χ1n) is 7.48. The van der Waals surface area contributed by atoms with Gasteiger partial charge in [-0.25, -0.2) is 4.90 Å². The van der Waals surface area contributed by atoms with Gasteiger partial charge in [0, 0.05) is 0 Å². The van der Waals surface area contributed by atoms with E-state index in [1.807, 2.05) is 6.07 Å². The summed E-state index contributed by atoms with van der Waals surface area (Å²) < 4.78 is 15.9. The largest absolute Gasteiger partial charge is 0.495 e. The summed E-state index contributed by atoms with van der Waals surface area (Å²) in [5.74, 6) is 1.38. The topological polar surface area (TPSA) is 65.1 Å². The molecule has 6 nitrogen and oxygen atoms in total. The number of thioether (sulfide) groups is 1. The van der Waals surface area contributed by atoms with Crippen molar-refractivity contribution in [2.24, 2.45) is 0 Å². The molecule has 0 N–H and O–H groups in total. The van der Waals surface area contributed by atoms with Gasteiger partial charge in [-0.2, -0.15) is 0 Å². The quantitative estimate of drug-likeness (QED) is 0.783. The second-order valence-electron chi connectivity index (χ2n) is 5.30. The lowest BCUT2D eigenvalue weighted by molar-refractivity contribution is -0.113. The van der Waals surface area contributed by atoms with Gasteiger partial charge in [-0.3, -0.25) is 9.59 Å². The molecule has 2 aromatic rings. The fourth-order valence-electron chi connectivity index (χ4n) is 2.64. The first-order chi connectivity index (χ1) is 12.2. The predicted octanol–water partition coefficient (Wildman–Crippen LogP) is 3.66. The van der Waals surface area contributed by atoms with Gasteiger partial charge in [0.1, 0.15) is 5.75 Å². The van der Waals surface area contributed by atoms with Crippen molar-refractivity contribution in [3.8, 4) is 17.2 Å². The molecule has 2 aliphatic heterocycles. The molecule has 1 fully saturated rings. The summed E-state index contributed by atoms with van der Waals surface area (Å²) >= 11 is 0.895. The molecular formula is C18H13NO5S. The molecule has 0 atom stereocenters. The number of ether oxygens (including phenoxy) is 3. The van der Waals surface area contributed by atoms with E-state index in [2.05, 4.69) is 0 Å². The Kier molecular flexibility index (Phi) is 3.85. The van der Waals surface area contributed by atoms with E-state index < -0.39 is 0 Å². The van der Waals surface area contributed by atoms with Gasteiger partial charge in [-0.1, -0.05) is 18.2 Å². The number of rotatable bonds is 3. The summed E-state index contributed by atoms with van der Waals surface area (Å²) in [6, 6.07) is 12.3. The molecule has 2 aliphatic rings. The molecule has 0 aliphatic carbocycles. The van der Waals surface area contributed by atoms with Crippen LogP contribution in [0.15, 0.2) is 47.4 Å². The van der Waals surface area contributed by atoms with Gasteiger partial charge in [0.25, 0.3) is 11.1 Å². The monoisotopic (exact) mass is 355 g/mol. The van der Waals surface area contributed by atoms with E-state index in [9.17, 15) is 9.59 Å². The predicted molar refractivity (Wildman–Crippen MR) is 94.0 cm³/mol. The molecule has 1 saturated heterocycles. The molecule has 4 rings (SSSR count). The average molecular weight is 355 g/mol. The summed E-state index contributed by atoms with van der Waals surface area (Å²) in [6.45, 7) is 0.184. The van der Waals surface area contributed by atoms with E-state index in [0.717, 1.165) is 22.2 Å². The van der Waals surface area contributed by atoms with Gasteiger partial charge in [0.05, 0.1) is 17.7 Å². The normalized spacial score (nSPS) is 17.5. The number of hydrogen-bond donors (Lipinski definition) is 0. The third-order valence-corrected chi connectivity index (χ3v) is 4.68. The van der Waals surface area contributed by atoms with E-state index in [0.29, 0.717) is 27.8 Å². The highest BCUT2D eigenvalue weighted by Crippen LogP contribution is 2.40. The summed E-state index contributed by atoms with van der Waals surface area (Å²) in [7, 11) is 1.50. The molecule has 126 valence electrons. The molecule has 2 heterocycles. The average Bonchev–Trinajstić information content (AvgIpc) is 3.19. The number of methoxy groups -OCH3 is 1. The lowest BCUT2D eigenvalue weighted by atomic mass is 10.2. The highest BCUT2D eigenvalue weighted by Gasteiger charge is 2.37. The Morgan fingerprint density at radius 2 is 1.92 bits per heavy atom. The first-order valence-corrected chi connectivity index (χ1v) is 8.29. The molecule has 7 heteroatoms. The maximum Gasteiger partial charge on any atom is 0.298 e. The number of carbonyl (C=O) groups is 2. The zero-order valence-corrected chi connectivity index (χ0v) is 14.0. The molecule has 2 amide bonds. The Bertz CT molecular complexity index is 908. The van der Waals surface area contributed by atoms with Crippen molar-refractivity contribution in [1.29, 1.82) is 0 Å². The van der Waals surface area contributed by atoms with Crippen molar-refractivity contribution in [2.45, 2.75) is 0 Å². The summed E-state index contributed by atoms with van der Waals surface area (Å²) in [5.41, 5.74) is 1.19. The number of amides is 2. The van der Waals surface area contributed by atoms with Crippen molar-refractivity contribution in [1.82, 2.24) is 0 Å². The Morgan fingerprint density at radius 3 is 2.76 bits per heavy atom. The first kappa shape index (κ1) is 15.6. The standard InChI is InChI=1S/C18H13NO5S/c1-22-13-5-3-2-4-12(13)19-17(20)16(25-18(19)21)9-11-6-7-14-15(8-11)24-10-23-14/h2-9H,10H2,1H3. The maximum atomic E-state index is 12.7. The Balaban J connectivity index is 1.67. The number of benzene rings is 2. The maximum absolute atomic E-state index is 12.7. The zero-order valence-electron chi connectivity index (χ0n) is 13.2. The molecule has 25 heavy (non-hydrogen) atoms. The minimum Gasteiger partial charge on any atom is -0.495 e. The SMILES string of the molecule is COc1ccccc1N1C(=O)SC(=Cc2ccc3c(c2)OCO3)C1=O.